The third-order valence-electron chi connectivity index (χ3n) is 2.77. The summed E-state index contributed by atoms with van der Waals surface area (Å²) in [7, 11) is 3.57. The second-order valence-corrected chi connectivity index (χ2v) is 4.71. The van der Waals surface area contributed by atoms with Gasteiger partial charge in [-0.2, -0.15) is 5.06 Å². The van der Waals surface area contributed by atoms with E-state index in [-0.39, 0.29) is 12.1 Å². The summed E-state index contributed by atoms with van der Waals surface area (Å²) >= 11 is 3.43. The first-order valence-electron chi connectivity index (χ1n) is 5.38. The highest BCUT2D eigenvalue weighted by Crippen LogP contribution is 2.25. The molecule has 16 heavy (non-hydrogen) atoms. The molecule has 0 heterocycles. The van der Waals surface area contributed by atoms with Gasteiger partial charge in [0, 0.05) is 17.6 Å². The van der Waals surface area contributed by atoms with E-state index in [0.717, 1.165) is 10.9 Å². The monoisotopic (exact) mass is 286 g/mol. The fourth-order valence-electron chi connectivity index (χ4n) is 1.72. The summed E-state index contributed by atoms with van der Waals surface area (Å²) in [6.07, 6.45) is 0.911. The van der Waals surface area contributed by atoms with Crippen LogP contribution in [0.4, 0.5) is 0 Å². The number of likely N-dealkylation sites (N-methyl/N-ethyl adjacent to an activating group) is 1. The van der Waals surface area contributed by atoms with E-state index in [1.54, 1.807) is 12.2 Å². The summed E-state index contributed by atoms with van der Waals surface area (Å²) in [5, 5.41) is 1.80. The van der Waals surface area contributed by atoms with Crippen molar-refractivity contribution in [2.45, 2.75) is 25.4 Å². The molecule has 0 bridgehead atoms. The van der Waals surface area contributed by atoms with Crippen molar-refractivity contribution in [2.75, 3.05) is 14.2 Å². The summed E-state index contributed by atoms with van der Waals surface area (Å²) in [6, 6.07) is 8.33. The van der Waals surface area contributed by atoms with Crippen LogP contribution in [0.25, 0.3) is 0 Å². The molecule has 0 fully saturated rings. The van der Waals surface area contributed by atoms with Crippen LogP contribution in [0.3, 0.4) is 0 Å². The minimum Gasteiger partial charge on any atom is -0.326 e. The molecule has 2 unspecified atom stereocenters. The van der Waals surface area contributed by atoms with Gasteiger partial charge in [-0.1, -0.05) is 35.0 Å². The summed E-state index contributed by atoms with van der Waals surface area (Å²) in [6.45, 7) is 2.08. The number of halogens is 1. The number of hydrogen-bond acceptors (Lipinski definition) is 3. The smallest absolute Gasteiger partial charge is 0.0749 e. The van der Waals surface area contributed by atoms with Gasteiger partial charge in [0.1, 0.15) is 0 Å². The Bertz CT molecular complexity index is 305. The highest BCUT2D eigenvalue weighted by molar-refractivity contribution is 9.10. The topological polar surface area (TPSA) is 38.5 Å². The molecule has 4 heteroatoms. The van der Waals surface area contributed by atoms with Gasteiger partial charge in [0.2, 0.25) is 0 Å². The zero-order chi connectivity index (χ0) is 12.1. The average molecular weight is 287 g/mol. The zero-order valence-electron chi connectivity index (χ0n) is 9.98. The molecular formula is C12H19BrN2O. The second kappa shape index (κ2) is 6.35. The van der Waals surface area contributed by atoms with E-state index in [2.05, 4.69) is 35.0 Å². The third kappa shape index (κ3) is 3.28. The Hall–Kier alpha value is -0.420. The standard InChI is InChI=1S/C12H19BrN2O/c1-4-11(14)12(15(2)16-3)9-5-7-10(13)8-6-9/h5-8,11-12H,4,14H2,1-3H3. The second-order valence-electron chi connectivity index (χ2n) is 3.80. The summed E-state index contributed by atoms with van der Waals surface area (Å²) in [5.74, 6) is 0. The molecule has 2 atom stereocenters. The lowest BCUT2D eigenvalue weighted by Gasteiger charge is -2.30. The fraction of sp³-hybridized carbons (Fsp3) is 0.500. The molecule has 0 amide bonds. The van der Waals surface area contributed by atoms with Crippen LogP contribution in [-0.2, 0) is 4.84 Å². The van der Waals surface area contributed by atoms with Gasteiger partial charge >= 0.3 is 0 Å². The number of benzene rings is 1. The van der Waals surface area contributed by atoms with Crippen LogP contribution in [0.5, 0.6) is 0 Å². The van der Waals surface area contributed by atoms with Crippen molar-refractivity contribution >= 4 is 15.9 Å². The number of nitrogens with two attached hydrogens (primary N) is 1. The maximum atomic E-state index is 6.13. The van der Waals surface area contributed by atoms with Gasteiger partial charge in [0.05, 0.1) is 13.2 Å². The van der Waals surface area contributed by atoms with E-state index in [4.69, 9.17) is 10.6 Å². The van der Waals surface area contributed by atoms with Crippen molar-refractivity contribution in [3.8, 4) is 0 Å². The van der Waals surface area contributed by atoms with Gasteiger partial charge < -0.3 is 10.6 Å². The van der Waals surface area contributed by atoms with Crippen molar-refractivity contribution in [1.29, 1.82) is 0 Å². The van der Waals surface area contributed by atoms with Gasteiger partial charge in [0.25, 0.3) is 0 Å². The molecule has 0 saturated carbocycles. The Balaban J connectivity index is 2.96. The van der Waals surface area contributed by atoms with Gasteiger partial charge in [-0.05, 0) is 24.1 Å². The maximum absolute atomic E-state index is 6.13. The van der Waals surface area contributed by atoms with Crippen molar-refractivity contribution in [2.24, 2.45) is 5.73 Å². The van der Waals surface area contributed by atoms with Gasteiger partial charge in [0.15, 0.2) is 0 Å². The molecule has 0 radical (unpaired) electrons. The minimum atomic E-state index is 0.0612. The lowest BCUT2D eigenvalue weighted by atomic mass is 9.98. The van der Waals surface area contributed by atoms with E-state index < -0.39 is 0 Å². The van der Waals surface area contributed by atoms with Crippen molar-refractivity contribution < 1.29 is 4.84 Å². The number of nitrogens with zero attached hydrogens (tertiary/aromatic N) is 1. The summed E-state index contributed by atoms with van der Waals surface area (Å²) < 4.78 is 1.07. The summed E-state index contributed by atoms with van der Waals surface area (Å²) in [4.78, 5) is 5.26. The first-order valence-corrected chi connectivity index (χ1v) is 6.17. The number of rotatable bonds is 5. The molecule has 1 aromatic rings. The molecule has 3 nitrogen and oxygen atoms in total. The predicted molar refractivity (Wildman–Crippen MR) is 69.9 cm³/mol. The zero-order valence-corrected chi connectivity index (χ0v) is 11.6. The van der Waals surface area contributed by atoms with Crippen molar-refractivity contribution in [1.82, 2.24) is 5.06 Å². The van der Waals surface area contributed by atoms with E-state index in [1.165, 1.54) is 5.56 Å². The third-order valence-corrected chi connectivity index (χ3v) is 3.30. The fourth-order valence-corrected chi connectivity index (χ4v) is 1.99. The van der Waals surface area contributed by atoms with Crippen LogP contribution < -0.4 is 5.73 Å². The van der Waals surface area contributed by atoms with E-state index in [1.807, 2.05) is 19.2 Å². The Kier molecular flexibility index (Phi) is 5.41. The first-order chi connectivity index (χ1) is 7.60. The van der Waals surface area contributed by atoms with E-state index in [9.17, 15) is 0 Å². The van der Waals surface area contributed by atoms with Crippen LogP contribution in [0.1, 0.15) is 24.9 Å². The molecule has 0 aliphatic heterocycles. The molecule has 90 valence electrons. The molecule has 0 aliphatic rings. The molecular weight excluding hydrogens is 268 g/mol. The average Bonchev–Trinajstić information content (AvgIpc) is 2.31. The summed E-state index contributed by atoms with van der Waals surface area (Å²) in [5.41, 5.74) is 7.30. The predicted octanol–water partition coefficient (Wildman–Crippen LogP) is 2.72. The molecule has 1 aromatic carbocycles. The van der Waals surface area contributed by atoms with Gasteiger partial charge in [-0.25, -0.2) is 0 Å². The Morgan fingerprint density at radius 1 is 1.38 bits per heavy atom. The van der Waals surface area contributed by atoms with E-state index >= 15 is 0 Å². The Morgan fingerprint density at radius 3 is 2.38 bits per heavy atom. The van der Waals surface area contributed by atoms with Crippen molar-refractivity contribution in [3.63, 3.8) is 0 Å². The highest BCUT2D eigenvalue weighted by atomic mass is 79.9. The van der Waals surface area contributed by atoms with E-state index in [0.29, 0.717) is 0 Å². The van der Waals surface area contributed by atoms with Gasteiger partial charge in [-0.15, -0.1) is 0 Å². The number of hydroxylamine groups is 2. The highest BCUT2D eigenvalue weighted by Gasteiger charge is 2.23. The Labute approximate surface area is 106 Å². The van der Waals surface area contributed by atoms with Gasteiger partial charge in [-0.3, -0.25) is 0 Å². The first kappa shape index (κ1) is 13.6. The van der Waals surface area contributed by atoms with Crippen LogP contribution in [0.15, 0.2) is 28.7 Å². The molecule has 0 saturated heterocycles. The normalized spacial score (nSPS) is 15.1. The largest absolute Gasteiger partial charge is 0.326 e. The maximum Gasteiger partial charge on any atom is 0.0749 e. The molecule has 1 rings (SSSR count). The molecule has 2 N–H and O–H groups in total. The Morgan fingerprint density at radius 2 is 1.94 bits per heavy atom. The SMILES string of the molecule is CCC(N)C(c1ccc(Br)cc1)N(C)OC. The number of hydrogen-bond donors (Lipinski definition) is 1. The molecule has 0 spiro atoms. The lowest BCUT2D eigenvalue weighted by molar-refractivity contribution is -0.148. The quantitative estimate of drug-likeness (QED) is 0.846. The molecule has 0 aromatic heterocycles. The van der Waals surface area contributed by atoms with Crippen LogP contribution in [0.2, 0.25) is 0 Å². The van der Waals surface area contributed by atoms with Crippen LogP contribution >= 0.6 is 15.9 Å². The lowest BCUT2D eigenvalue weighted by Crippen LogP contribution is -2.38. The minimum absolute atomic E-state index is 0.0612. The van der Waals surface area contributed by atoms with Crippen LogP contribution in [0, 0.1) is 0 Å². The molecule has 0 aliphatic carbocycles. The van der Waals surface area contributed by atoms with Crippen molar-refractivity contribution in [3.05, 3.63) is 34.3 Å². The van der Waals surface area contributed by atoms with Crippen LogP contribution in [-0.4, -0.2) is 25.3 Å².